The van der Waals surface area contributed by atoms with Gasteiger partial charge >= 0.3 is 0 Å². The van der Waals surface area contributed by atoms with Gasteiger partial charge in [0.15, 0.2) is 0 Å². The molecule has 7 heteroatoms. The van der Waals surface area contributed by atoms with Crippen molar-refractivity contribution in [3.05, 3.63) is 29.3 Å². The second-order valence-corrected chi connectivity index (χ2v) is 6.94. The summed E-state index contributed by atoms with van der Waals surface area (Å²) in [5.74, 6) is -3.50. The van der Waals surface area contributed by atoms with Crippen molar-refractivity contribution in [3.63, 3.8) is 0 Å². The zero-order chi connectivity index (χ0) is 18.1. The summed E-state index contributed by atoms with van der Waals surface area (Å²) >= 11 is 0. The molecule has 0 aliphatic carbocycles. The number of phenols is 1. The fraction of sp³-hybridized carbons (Fsp3) is 0.588. The number of nitrogens with one attached hydrogen (secondary N) is 1. The number of hydrogen-bond donors (Lipinski definition) is 2. The molecule has 1 aliphatic rings. The molecule has 2 atom stereocenters. The number of morpholine rings is 1. The van der Waals surface area contributed by atoms with Crippen molar-refractivity contribution in [2.75, 3.05) is 19.6 Å². The number of hydrogen-bond acceptors (Lipinski definition) is 4. The molecule has 0 saturated carbocycles. The lowest BCUT2D eigenvalue weighted by Crippen LogP contribution is -2.58. The van der Waals surface area contributed by atoms with E-state index in [4.69, 9.17) is 4.74 Å². The highest BCUT2D eigenvalue weighted by atomic mass is 19.1. The number of phenolic OH excluding ortho intramolecular Hbond substituents is 1. The van der Waals surface area contributed by atoms with Crippen molar-refractivity contribution in [1.29, 1.82) is 0 Å². The summed E-state index contributed by atoms with van der Waals surface area (Å²) in [5.41, 5.74) is -0.926. The van der Waals surface area contributed by atoms with Crippen LogP contribution in [0.25, 0.3) is 0 Å². The van der Waals surface area contributed by atoms with Crippen LogP contribution in [0.5, 0.6) is 5.75 Å². The van der Waals surface area contributed by atoms with Crippen LogP contribution in [0.3, 0.4) is 0 Å². The van der Waals surface area contributed by atoms with E-state index in [9.17, 15) is 18.7 Å². The Morgan fingerprint density at radius 3 is 2.46 bits per heavy atom. The van der Waals surface area contributed by atoms with Crippen LogP contribution in [0.2, 0.25) is 0 Å². The number of ether oxygens (including phenoxy) is 1. The van der Waals surface area contributed by atoms with Crippen molar-refractivity contribution in [1.82, 2.24) is 10.2 Å². The Kier molecular flexibility index (Phi) is 5.45. The van der Waals surface area contributed by atoms with Gasteiger partial charge in [-0.2, -0.15) is 0 Å². The molecule has 5 nitrogen and oxygen atoms in total. The summed E-state index contributed by atoms with van der Waals surface area (Å²) < 4.78 is 32.5. The summed E-state index contributed by atoms with van der Waals surface area (Å²) in [7, 11) is 0. The van der Waals surface area contributed by atoms with E-state index >= 15 is 0 Å². The molecule has 1 saturated heterocycles. The van der Waals surface area contributed by atoms with Crippen LogP contribution in [0.15, 0.2) is 12.1 Å². The van der Waals surface area contributed by atoms with Crippen LogP contribution in [0.1, 0.15) is 38.1 Å². The molecule has 2 unspecified atom stereocenters. The molecule has 1 heterocycles. The third-order valence-electron chi connectivity index (χ3n) is 4.22. The smallest absolute Gasteiger partial charge is 0.258 e. The molecule has 0 spiro atoms. The van der Waals surface area contributed by atoms with Crippen LogP contribution >= 0.6 is 0 Å². The lowest BCUT2D eigenvalue weighted by Gasteiger charge is -2.45. The molecular weight excluding hydrogens is 318 g/mol. The summed E-state index contributed by atoms with van der Waals surface area (Å²) in [6.45, 7) is 9.62. The molecule has 0 radical (unpaired) electrons. The fourth-order valence-electron chi connectivity index (χ4n) is 2.95. The van der Waals surface area contributed by atoms with Gasteiger partial charge in [0.2, 0.25) is 0 Å². The minimum absolute atomic E-state index is 0.0855. The molecule has 2 N–H and O–H groups in total. The van der Waals surface area contributed by atoms with Gasteiger partial charge in [-0.25, -0.2) is 8.78 Å². The van der Waals surface area contributed by atoms with E-state index in [0.717, 1.165) is 13.1 Å². The van der Waals surface area contributed by atoms with Gasteiger partial charge in [0.1, 0.15) is 22.9 Å². The molecule has 1 aromatic rings. The molecule has 1 amide bonds. The lowest BCUT2D eigenvalue weighted by molar-refractivity contribution is -0.0948. The van der Waals surface area contributed by atoms with Gasteiger partial charge in [-0.15, -0.1) is 0 Å². The van der Waals surface area contributed by atoms with Gasteiger partial charge in [0.05, 0.1) is 12.2 Å². The summed E-state index contributed by atoms with van der Waals surface area (Å²) in [6.07, 6.45) is 0.171. The van der Waals surface area contributed by atoms with Crippen LogP contribution < -0.4 is 5.32 Å². The van der Waals surface area contributed by atoms with E-state index in [1.165, 1.54) is 0 Å². The van der Waals surface area contributed by atoms with Gasteiger partial charge < -0.3 is 15.2 Å². The quantitative estimate of drug-likeness (QED) is 0.881. The second kappa shape index (κ2) is 7.03. The third kappa shape index (κ3) is 4.21. The maximum absolute atomic E-state index is 13.8. The van der Waals surface area contributed by atoms with Crippen molar-refractivity contribution < 1.29 is 23.4 Å². The van der Waals surface area contributed by atoms with Crippen molar-refractivity contribution in [2.45, 2.75) is 45.4 Å². The van der Waals surface area contributed by atoms with Crippen molar-refractivity contribution >= 4 is 5.91 Å². The summed E-state index contributed by atoms with van der Waals surface area (Å²) in [5, 5.41) is 12.2. The first-order valence-corrected chi connectivity index (χ1v) is 7.97. The van der Waals surface area contributed by atoms with Crippen LogP contribution in [-0.4, -0.2) is 53.3 Å². The topological polar surface area (TPSA) is 61.8 Å². The monoisotopic (exact) mass is 342 g/mol. The van der Waals surface area contributed by atoms with Gasteiger partial charge in [0.25, 0.3) is 5.91 Å². The van der Waals surface area contributed by atoms with Gasteiger partial charge in [0, 0.05) is 37.3 Å². The van der Waals surface area contributed by atoms with E-state index in [-0.39, 0.29) is 24.3 Å². The van der Waals surface area contributed by atoms with Gasteiger partial charge in [-0.05, 0) is 27.7 Å². The highest BCUT2D eigenvalue weighted by molar-refractivity contribution is 5.97. The summed E-state index contributed by atoms with van der Waals surface area (Å²) in [6, 6.07) is 1.29. The molecule has 1 aromatic carbocycles. The third-order valence-corrected chi connectivity index (χ3v) is 4.22. The lowest BCUT2D eigenvalue weighted by atomic mass is 9.99. The number of nitrogens with zero attached hydrogens (tertiary/aromatic N) is 1. The molecule has 0 bridgehead atoms. The van der Waals surface area contributed by atoms with Crippen LogP contribution in [-0.2, 0) is 4.74 Å². The molecule has 2 rings (SSSR count). The number of benzene rings is 1. The van der Waals surface area contributed by atoms with E-state index in [0.29, 0.717) is 12.1 Å². The van der Waals surface area contributed by atoms with E-state index in [1.54, 1.807) is 0 Å². The Balaban J connectivity index is 2.05. The molecule has 0 aromatic heterocycles. The van der Waals surface area contributed by atoms with Crippen LogP contribution in [0.4, 0.5) is 8.78 Å². The Morgan fingerprint density at radius 2 is 1.92 bits per heavy atom. The average molecular weight is 342 g/mol. The Hall–Kier alpha value is -1.73. The highest BCUT2D eigenvalue weighted by Crippen LogP contribution is 2.23. The number of rotatable bonds is 4. The zero-order valence-corrected chi connectivity index (χ0v) is 14.4. The van der Waals surface area contributed by atoms with Gasteiger partial charge in [-0.3, -0.25) is 9.69 Å². The normalized spacial score (nSPS) is 22.4. The predicted molar refractivity (Wildman–Crippen MR) is 86.0 cm³/mol. The molecule has 134 valence electrons. The average Bonchev–Trinajstić information content (AvgIpc) is 2.43. The molecule has 24 heavy (non-hydrogen) atoms. The number of amides is 1. The number of aromatic hydroxyl groups is 1. The summed E-state index contributed by atoms with van der Waals surface area (Å²) in [4.78, 5) is 14.4. The fourth-order valence-corrected chi connectivity index (χ4v) is 2.95. The molecule has 1 fully saturated rings. The number of carbonyl (C=O) groups is 1. The first-order valence-electron chi connectivity index (χ1n) is 7.97. The molecule has 1 aliphatic heterocycles. The van der Waals surface area contributed by atoms with E-state index in [2.05, 4.69) is 10.2 Å². The number of halogens is 2. The minimum Gasteiger partial charge on any atom is -0.507 e. The largest absolute Gasteiger partial charge is 0.507 e. The van der Waals surface area contributed by atoms with Gasteiger partial charge in [-0.1, -0.05) is 0 Å². The van der Waals surface area contributed by atoms with Crippen molar-refractivity contribution in [3.8, 4) is 5.75 Å². The van der Waals surface area contributed by atoms with Crippen molar-refractivity contribution in [2.24, 2.45) is 0 Å². The maximum atomic E-state index is 13.8. The standard InChI is InChI=1S/C17H24F2N2O3/c1-10-7-21(8-11(2)24-10)17(3,4)9-20-16(23)15-13(19)5-12(18)6-14(15)22/h5-6,10-11,22H,7-9H2,1-4H3,(H,20,23). The second-order valence-electron chi connectivity index (χ2n) is 6.94. The molecular formula is C17H24F2N2O3. The van der Waals surface area contributed by atoms with E-state index in [1.807, 2.05) is 27.7 Å². The maximum Gasteiger partial charge on any atom is 0.258 e. The predicted octanol–water partition coefficient (Wildman–Crippen LogP) is 2.29. The van der Waals surface area contributed by atoms with Crippen LogP contribution in [0, 0.1) is 11.6 Å². The zero-order valence-electron chi connectivity index (χ0n) is 14.4. The Labute approximate surface area is 140 Å². The Bertz CT molecular complexity index is 589. The number of carbonyl (C=O) groups excluding carboxylic acids is 1. The highest BCUT2D eigenvalue weighted by Gasteiger charge is 2.33. The Morgan fingerprint density at radius 1 is 1.33 bits per heavy atom. The first kappa shape index (κ1) is 18.6. The van der Waals surface area contributed by atoms with E-state index < -0.39 is 28.9 Å². The first-order chi connectivity index (χ1) is 11.1. The minimum atomic E-state index is -1.09. The SMILES string of the molecule is CC1CN(C(C)(C)CNC(=O)c2c(O)cc(F)cc2F)CC(C)O1.